The van der Waals surface area contributed by atoms with Gasteiger partial charge in [0.15, 0.2) is 0 Å². The van der Waals surface area contributed by atoms with Gasteiger partial charge >= 0.3 is 6.18 Å². The maximum absolute atomic E-state index is 13.1. The summed E-state index contributed by atoms with van der Waals surface area (Å²) in [5.41, 5.74) is -0.718. The molecule has 2 aromatic carbocycles. The van der Waals surface area contributed by atoms with Crippen molar-refractivity contribution in [2.24, 2.45) is 0 Å². The Bertz CT molecular complexity index is 879. The van der Waals surface area contributed by atoms with E-state index in [0.717, 1.165) is 18.2 Å². The lowest BCUT2D eigenvalue weighted by Gasteiger charge is -2.15. The van der Waals surface area contributed by atoms with Crippen LogP contribution in [0.1, 0.15) is 17.5 Å². The Morgan fingerprint density at radius 1 is 1.22 bits per heavy atom. The second kappa shape index (κ2) is 8.64. The highest BCUT2D eigenvalue weighted by atomic mass is 35.5. The molecule has 5 nitrogen and oxygen atoms in total. The van der Waals surface area contributed by atoms with Gasteiger partial charge in [-0.3, -0.25) is 4.79 Å². The van der Waals surface area contributed by atoms with Crippen LogP contribution in [0.5, 0.6) is 5.75 Å². The Hall–Kier alpha value is -2.92. The lowest BCUT2D eigenvalue weighted by atomic mass is 10.1. The minimum absolute atomic E-state index is 0.0628. The number of benzene rings is 2. The molecule has 1 amide bonds. The first-order valence-electron chi connectivity index (χ1n) is 7.73. The van der Waals surface area contributed by atoms with Crippen molar-refractivity contribution in [3.63, 3.8) is 0 Å². The molecule has 0 bridgehead atoms. The van der Waals surface area contributed by atoms with E-state index in [-0.39, 0.29) is 24.2 Å². The number of hydrogen-bond donors (Lipinski definition) is 2. The maximum Gasteiger partial charge on any atom is 0.418 e. The number of carbonyl (C=O) groups excluding carboxylic acids is 1. The maximum atomic E-state index is 13.1. The van der Waals surface area contributed by atoms with Crippen molar-refractivity contribution in [3.8, 4) is 11.8 Å². The molecule has 0 aliphatic rings. The zero-order valence-electron chi connectivity index (χ0n) is 14.2. The van der Waals surface area contributed by atoms with Crippen molar-refractivity contribution in [2.45, 2.75) is 12.6 Å². The number of ether oxygens (including phenoxy) is 1. The third kappa shape index (κ3) is 5.53. The molecule has 0 aromatic heterocycles. The SMILES string of the molecule is COc1ccc(Cl)cc1NC(=O)CCNc1cc(C#N)ccc1C(F)(F)F. The van der Waals surface area contributed by atoms with Crippen molar-refractivity contribution in [1.29, 1.82) is 5.26 Å². The number of halogens is 4. The third-order valence-corrected chi connectivity index (χ3v) is 3.79. The average Bonchev–Trinajstić information content (AvgIpc) is 2.61. The van der Waals surface area contributed by atoms with Gasteiger partial charge in [0.05, 0.1) is 30.0 Å². The molecule has 2 N–H and O–H groups in total. The van der Waals surface area contributed by atoms with Gasteiger partial charge in [0.2, 0.25) is 5.91 Å². The van der Waals surface area contributed by atoms with Crippen LogP contribution < -0.4 is 15.4 Å². The number of alkyl halides is 3. The first kappa shape index (κ1) is 20.4. The van der Waals surface area contributed by atoms with Gasteiger partial charge in [0.25, 0.3) is 0 Å². The highest BCUT2D eigenvalue weighted by Crippen LogP contribution is 2.35. The number of amides is 1. The Balaban J connectivity index is 2.03. The van der Waals surface area contributed by atoms with Crippen molar-refractivity contribution in [3.05, 3.63) is 52.5 Å². The van der Waals surface area contributed by atoms with E-state index in [2.05, 4.69) is 10.6 Å². The molecule has 2 rings (SSSR count). The van der Waals surface area contributed by atoms with Crippen LogP contribution >= 0.6 is 11.6 Å². The number of hydrogen-bond acceptors (Lipinski definition) is 4. The number of nitrogens with zero attached hydrogens (tertiary/aromatic N) is 1. The number of nitriles is 1. The number of carbonyl (C=O) groups is 1. The summed E-state index contributed by atoms with van der Waals surface area (Å²) >= 11 is 5.88. The third-order valence-electron chi connectivity index (χ3n) is 3.56. The summed E-state index contributed by atoms with van der Waals surface area (Å²) in [7, 11) is 1.43. The van der Waals surface area contributed by atoms with Gasteiger partial charge in [-0.15, -0.1) is 0 Å². The fourth-order valence-corrected chi connectivity index (χ4v) is 2.48. The van der Waals surface area contributed by atoms with Crippen molar-refractivity contribution < 1.29 is 22.7 Å². The van der Waals surface area contributed by atoms with Crippen LogP contribution in [0.15, 0.2) is 36.4 Å². The fraction of sp³-hybridized carbons (Fsp3) is 0.222. The summed E-state index contributed by atoms with van der Waals surface area (Å²) in [6.45, 7) is -0.0628. The Morgan fingerprint density at radius 3 is 2.59 bits per heavy atom. The van der Waals surface area contributed by atoms with Crippen LogP contribution in [0.25, 0.3) is 0 Å². The molecule has 0 aliphatic carbocycles. The van der Waals surface area contributed by atoms with Crippen molar-refractivity contribution in [1.82, 2.24) is 0 Å². The average molecular weight is 398 g/mol. The first-order chi connectivity index (χ1) is 12.7. The van der Waals surface area contributed by atoms with E-state index in [1.54, 1.807) is 18.2 Å². The zero-order chi connectivity index (χ0) is 20.0. The monoisotopic (exact) mass is 397 g/mol. The minimum Gasteiger partial charge on any atom is -0.495 e. The van der Waals surface area contributed by atoms with Gasteiger partial charge in [-0.1, -0.05) is 11.6 Å². The molecule has 0 radical (unpaired) electrons. The molecule has 0 fully saturated rings. The van der Waals surface area contributed by atoms with Gasteiger partial charge < -0.3 is 15.4 Å². The quantitative estimate of drug-likeness (QED) is 0.742. The fourth-order valence-electron chi connectivity index (χ4n) is 2.31. The molecule has 0 saturated carbocycles. The van der Waals surface area contributed by atoms with E-state index < -0.39 is 17.6 Å². The summed E-state index contributed by atoms with van der Waals surface area (Å²) in [5, 5.41) is 14.4. The van der Waals surface area contributed by atoms with Gasteiger partial charge in [-0.25, -0.2) is 0 Å². The largest absolute Gasteiger partial charge is 0.495 e. The molecule has 0 atom stereocenters. The van der Waals surface area contributed by atoms with E-state index >= 15 is 0 Å². The van der Waals surface area contributed by atoms with Crippen LogP contribution in [-0.4, -0.2) is 19.6 Å². The van der Waals surface area contributed by atoms with Gasteiger partial charge in [-0.2, -0.15) is 18.4 Å². The molecular weight excluding hydrogens is 383 g/mol. The highest BCUT2D eigenvalue weighted by molar-refractivity contribution is 6.31. The predicted octanol–water partition coefficient (Wildman–Crippen LogP) is 4.68. The van der Waals surface area contributed by atoms with Gasteiger partial charge in [-0.05, 0) is 36.4 Å². The number of anilines is 2. The van der Waals surface area contributed by atoms with Crippen LogP contribution in [0.4, 0.5) is 24.5 Å². The van der Waals surface area contributed by atoms with Crippen LogP contribution in [-0.2, 0) is 11.0 Å². The smallest absolute Gasteiger partial charge is 0.418 e. The Morgan fingerprint density at radius 2 is 1.96 bits per heavy atom. The Kier molecular flexibility index (Phi) is 6.53. The molecule has 0 heterocycles. The molecule has 0 saturated heterocycles. The summed E-state index contributed by atoms with van der Waals surface area (Å²) in [4.78, 5) is 12.1. The van der Waals surface area contributed by atoms with E-state index in [1.807, 2.05) is 0 Å². The second-order valence-corrected chi connectivity index (χ2v) is 5.88. The van der Waals surface area contributed by atoms with Crippen LogP contribution in [0.2, 0.25) is 5.02 Å². The lowest BCUT2D eigenvalue weighted by molar-refractivity contribution is -0.137. The minimum atomic E-state index is -4.58. The van der Waals surface area contributed by atoms with Gasteiger partial charge in [0, 0.05) is 23.7 Å². The molecule has 0 spiro atoms. The van der Waals surface area contributed by atoms with E-state index in [4.69, 9.17) is 21.6 Å². The topological polar surface area (TPSA) is 74.2 Å². The molecule has 2 aromatic rings. The summed E-state index contributed by atoms with van der Waals surface area (Å²) in [6, 6.07) is 9.48. The van der Waals surface area contributed by atoms with Crippen LogP contribution in [0, 0.1) is 11.3 Å². The predicted molar refractivity (Wildman–Crippen MR) is 95.9 cm³/mol. The Labute approximate surface area is 158 Å². The van der Waals surface area contributed by atoms with Crippen molar-refractivity contribution in [2.75, 3.05) is 24.3 Å². The molecular formula is C18H15ClF3N3O2. The molecule has 9 heteroatoms. The lowest BCUT2D eigenvalue weighted by Crippen LogP contribution is -2.18. The van der Waals surface area contributed by atoms with Crippen molar-refractivity contribution >= 4 is 28.9 Å². The number of nitrogens with one attached hydrogen (secondary N) is 2. The summed E-state index contributed by atoms with van der Waals surface area (Å²) < 4.78 is 44.3. The molecule has 142 valence electrons. The number of methoxy groups -OCH3 is 1. The van der Waals surface area contributed by atoms with E-state index in [1.165, 1.54) is 13.2 Å². The number of rotatable bonds is 6. The molecule has 0 unspecified atom stereocenters. The standard InChI is InChI=1S/C18H15ClF3N3O2/c1-27-16-5-3-12(19)9-15(16)25-17(26)6-7-24-14-8-11(10-23)2-4-13(14)18(20,21)22/h2-5,8-9,24H,6-7H2,1H3,(H,25,26). The van der Waals surface area contributed by atoms with Crippen LogP contribution in [0.3, 0.4) is 0 Å². The normalized spacial score (nSPS) is 10.8. The van der Waals surface area contributed by atoms with Gasteiger partial charge in [0.1, 0.15) is 5.75 Å². The van der Waals surface area contributed by atoms with E-state index in [9.17, 15) is 18.0 Å². The molecule has 27 heavy (non-hydrogen) atoms. The first-order valence-corrected chi connectivity index (χ1v) is 8.11. The zero-order valence-corrected chi connectivity index (χ0v) is 14.9. The van der Waals surface area contributed by atoms with E-state index in [0.29, 0.717) is 16.5 Å². The highest BCUT2D eigenvalue weighted by Gasteiger charge is 2.33. The second-order valence-electron chi connectivity index (χ2n) is 5.44. The molecule has 0 aliphatic heterocycles. The summed E-state index contributed by atoms with van der Waals surface area (Å²) in [6.07, 6.45) is -4.68. The summed E-state index contributed by atoms with van der Waals surface area (Å²) in [5.74, 6) is -0.0325.